The number of carboxylic acid groups (broad SMARTS) is 1. The molecule has 0 bridgehead atoms. The summed E-state index contributed by atoms with van der Waals surface area (Å²) in [4.78, 5) is 24.1. The molecule has 0 saturated heterocycles. The van der Waals surface area contributed by atoms with Crippen LogP contribution in [0.15, 0.2) is 18.2 Å². The third-order valence-electron chi connectivity index (χ3n) is 4.92. The highest BCUT2D eigenvalue weighted by Crippen LogP contribution is 2.35. The molecule has 0 spiro atoms. The van der Waals surface area contributed by atoms with E-state index in [2.05, 4.69) is 31.4 Å². The SMILES string of the molecule is CC[NH+](CC)CC.CNC(=O)c1ccc(NC2(C(=O)[O-])CCC2)cc1F. The summed E-state index contributed by atoms with van der Waals surface area (Å²) in [6.45, 7) is 10.5. The minimum absolute atomic E-state index is 0.0795. The van der Waals surface area contributed by atoms with E-state index in [4.69, 9.17) is 0 Å². The van der Waals surface area contributed by atoms with Crippen molar-refractivity contribution in [2.24, 2.45) is 0 Å². The Labute approximate surface area is 154 Å². The fourth-order valence-corrected chi connectivity index (χ4v) is 2.85. The lowest BCUT2D eigenvalue weighted by atomic mass is 9.76. The van der Waals surface area contributed by atoms with Gasteiger partial charge in [-0.3, -0.25) is 4.79 Å². The molecule has 0 aromatic heterocycles. The normalized spacial score (nSPS) is 14.7. The summed E-state index contributed by atoms with van der Waals surface area (Å²) in [5.41, 5.74) is -0.862. The van der Waals surface area contributed by atoms with Crippen LogP contribution < -0.4 is 20.6 Å². The molecule has 0 radical (unpaired) electrons. The molecule has 26 heavy (non-hydrogen) atoms. The molecule has 1 aliphatic carbocycles. The van der Waals surface area contributed by atoms with Crippen molar-refractivity contribution in [1.29, 1.82) is 0 Å². The Hall–Kier alpha value is -2.15. The molecule has 7 heteroatoms. The van der Waals surface area contributed by atoms with Crippen molar-refractivity contribution in [3.05, 3.63) is 29.6 Å². The van der Waals surface area contributed by atoms with E-state index >= 15 is 0 Å². The van der Waals surface area contributed by atoms with Crippen molar-refractivity contribution >= 4 is 17.6 Å². The summed E-state index contributed by atoms with van der Waals surface area (Å²) in [6.07, 6.45) is 1.70. The van der Waals surface area contributed by atoms with E-state index in [1.807, 2.05) is 0 Å². The van der Waals surface area contributed by atoms with Gasteiger partial charge in [0.15, 0.2) is 0 Å². The molecule has 1 aromatic rings. The van der Waals surface area contributed by atoms with Crippen LogP contribution in [-0.2, 0) is 4.79 Å². The first-order valence-electron chi connectivity index (χ1n) is 9.18. The highest BCUT2D eigenvalue weighted by Gasteiger charge is 2.38. The second-order valence-corrected chi connectivity index (χ2v) is 6.43. The van der Waals surface area contributed by atoms with Crippen molar-refractivity contribution in [2.75, 3.05) is 32.0 Å². The van der Waals surface area contributed by atoms with Crippen molar-refractivity contribution in [1.82, 2.24) is 5.32 Å². The maximum atomic E-state index is 13.7. The molecule has 2 rings (SSSR count). The first-order chi connectivity index (χ1) is 12.3. The van der Waals surface area contributed by atoms with Crippen LogP contribution >= 0.6 is 0 Å². The van der Waals surface area contributed by atoms with Crippen LogP contribution in [0.25, 0.3) is 0 Å². The van der Waals surface area contributed by atoms with E-state index in [1.54, 1.807) is 4.90 Å². The van der Waals surface area contributed by atoms with Gasteiger partial charge >= 0.3 is 0 Å². The molecular weight excluding hydrogens is 337 g/mol. The van der Waals surface area contributed by atoms with E-state index in [0.29, 0.717) is 18.5 Å². The number of halogens is 1. The molecule has 0 heterocycles. The third-order valence-corrected chi connectivity index (χ3v) is 4.92. The fourth-order valence-electron chi connectivity index (χ4n) is 2.85. The Morgan fingerprint density at radius 2 is 1.77 bits per heavy atom. The molecule has 1 aromatic carbocycles. The lowest BCUT2D eigenvalue weighted by Gasteiger charge is -2.44. The number of anilines is 1. The number of amides is 1. The predicted octanol–water partition coefficient (Wildman–Crippen LogP) is 0.201. The largest absolute Gasteiger partial charge is 0.548 e. The topological polar surface area (TPSA) is 85.7 Å². The molecular formula is C19H30FN3O3. The van der Waals surface area contributed by atoms with Crippen LogP contribution in [0.4, 0.5) is 10.1 Å². The van der Waals surface area contributed by atoms with E-state index in [-0.39, 0.29) is 5.56 Å². The van der Waals surface area contributed by atoms with Crippen molar-refractivity contribution in [3.63, 3.8) is 0 Å². The maximum absolute atomic E-state index is 13.7. The average Bonchev–Trinajstić information content (AvgIpc) is 2.59. The van der Waals surface area contributed by atoms with Gasteiger partial charge in [-0.2, -0.15) is 0 Å². The van der Waals surface area contributed by atoms with Crippen molar-refractivity contribution in [2.45, 2.75) is 45.6 Å². The number of benzene rings is 1. The second kappa shape index (κ2) is 10.1. The Kier molecular flexibility index (Phi) is 8.51. The molecule has 3 N–H and O–H groups in total. The number of rotatable bonds is 7. The molecule has 0 unspecified atom stereocenters. The minimum Gasteiger partial charge on any atom is -0.548 e. The van der Waals surface area contributed by atoms with E-state index in [9.17, 15) is 19.1 Å². The van der Waals surface area contributed by atoms with Crippen LogP contribution in [0, 0.1) is 5.82 Å². The summed E-state index contributed by atoms with van der Waals surface area (Å²) < 4.78 is 13.7. The zero-order valence-corrected chi connectivity index (χ0v) is 16.1. The van der Waals surface area contributed by atoms with Gasteiger partial charge < -0.3 is 25.4 Å². The molecule has 6 nitrogen and oxygen atoms in total. The molecule has 1 aliphatic rings. The van der Waals surface area contributed by atoms with Crippen molar-refractivity contribution in [3.8, 4) is 0 Å². The lowest BCUT2D eigenvalue weighted by molar-refractivity contribution is -0.894. The summed E-state index contributed by atoms with van der Waals surface area (Å²) >= 11 is 0. The summed E-state index contributed by atoms with van der Waals surface area (Å²) in [5.74, 6) is -2.41. The van der Waals surface area contributed by atoms with Gasteiger partial charge in [0.25, 0.3) is 5.91 Å². The summed E-state index contributed by atoms with van der Waals surface area (Å²) in [7, 11) is 1.41. The van der Waals surface area contributed by atoms with Crippen LogP contribution in [0.1, 0.15) is 50.4 Å². The van der Waals surface area contributed by atoms with Gasteiger partial charge in [-0.25, -0.2) is 4.39 Å². The van der Waals surface area contributed by atoms with Crippen LogP contribution in [0.2, 0.25) is 0 Å². The van der Waals surface area contributed by atoms with E-state index < -0.39 is 23.2 Å². The molecule has 1 saturated carbocycles. The van der Waals surface area contributed by atoms with Gasteiger partial charge in [0.1, 0.15) is 5.82 Å². The maximum Gasteiger partial charge on any atom is 0.253 e. The number of nitrogens with one attached hydrogen (secondary N) is 3. The smallest absolute Gasteiger partial charge is 0.253 e. The molecule has 0 aliphatic heterocycles. The Morgan fingerprint density at radius 1 is 1.19 bits per heavy atom. The number of hydrogen-bond donors (Lipinski definition) is 3. The van der Waals surface area contributed by atoms with Gasteiger partial charge in [-0.05, 0) is 58.2 Å². The standard InChI is InChI=1S/C13H15FN2O3.C6H15N/c1-15-11(17)9-4-3-8(7-10(9)14)16-13(12(18)19)5-2-6-13;1-4-7(5-2)6-3/h3-4,7,16H,2,5-6H2,1H3,(H,15,17)(H,18,19);4-6H2,1-3H3. The molecule has 146 valence electrons. The summed E-state index contributed by atoms with van der Waals surface area (Å²) in [6, 6.07) is 3.92. The monoisotopic (exact) mass is 367 g/mol. The second-order valence-electron chi connectivity index (χ2n) is 6.43. The minimum atomic E-state index is -1.19. The number of carbonyl (C=O) groups is 2. The lowest BCUT2D eigenvalue weighted by Crippen LogP contribution is -3.11. The van der Waals surface area contributed by atoms with Gasteiger partial charge in [-0.15, -0.1) is 0 Å². The number of quaternary nitrogens is 1. The first-order valence-corrected chi connectivity index (χ1v) is 9.18. The molecule has 1 fully saturated rings. The van der Waals surface area contributed by atoms with Crippen LogP contribution in [0.5, 0.6) is 0 Å². The quantitative estimate of drug-likeness (QED) is 0.643. The Morgan fingerprint density at radius 3 is 2.08 bits per heavy atom. The number of aliphatic carboxylic acids is 1. The Bertz CT molecular complexity index is 609. The van der Waals surface area contributed by atoms with Gasteiger partial charge in [0, 0.05) is 12.7 Å². The predicted molar refractivity (Wildman–Crippen MR) is 97.6 cm³/mol. The third kappa shape index (κ3) is 5.42. The highest BCUT2D eigenvalue weighted by molar-refractivity contribution is 5.94. The number of carboxylic acids is 1. The molecule has 0 atom stereocenters. The summed E-state index contributed by atoms with van der Waals surface area (Å²) in [5, 5.41) is 16.2. The van der Waals surface area contributed by atoms with Crippen molar-refractivity contribution < 1.29 is 24.0 Å². The van der Waals surface area contributed by atoms with Gasteiger partial charge in [-0.1, -0.05) is 0 Å². The zero-order valence-electron chi connectivity index (χ0n) is 16.1. The fraction of sp³-hybridized carbons (Fsp3) is 0.579. The Balaban J connectivity index is 0.000000412. The van der Waals surface area contributed by atoms with E-state index in [1.165, 1.54) is 38.8 Å². The highest BCUT2D eigenvalue weighted by atomic mass is 19.1. The number of hydrogen-bond acceptors (Lipinski definition) is 4. The van der Waals surface area contributed by atoms with Gasteiger partial charge in [0.2, 0.25) is 0 Å². The average molecular weight is 367 g/mol. The number of carbonyl (C=O) groups excluding carboxylic acids is 2. The first kappa shape index (κ1) is 21.9. The van der Waals surface area contributed by atoms with Crippen LogP contribution in [-0.4, -0.2) is 44.1 Å². The van der Waals surface area contributed by atoms with E-state index in [0.717, 1.165) is 12.5 Å². The van der Waals surface area contributed by atoms with Gasteiger partial charge in [0.05, 0.1) is 36.7 Å². The van der Waals surface area contributed by atoms with Crippen LogP contribution in [0.3, 0.4) is 0 Å². The zero-order chi connectivity index (χ0) is 19.7. The molecule has 1 amide bonds.